The van der Waals surface area contributed by atoms with Gasteiger partial charge in [-0.25, -0.2) is 0 Å². The fourth-order valence-corrected chi connectivity index (χ4v) is 2.11. The van der Waals surface area contributed by atoms with Gasteiger partial charge in [-0.15, -0.1) is 0 Å². The van der Waals surface area contributed by atoms with Crippen molar-refractivity contribution in [3.8, 4) is 0 Å². The third kappa shape index (κ3) is 2.25. The average molecular weight is 261 g/mol. The van der Waals surface area contributed by atoms with Gasteiger partial charge in [0.2, 0.25) is 0 Å². The van der Waals surface area contributed by atoms with Gasteiger partial charge in [-0.05, 0) is 49.2 Å². The molecule has 1 saturated heterocycles. The molecule has 1 aliphatic heterocycles. The first kappa shape index (κ1) is 9.50. The zero-order chi connectivity index (χ0) is 9.26. The Balaban J connectivity index is 2.13. The van der Waals surface area contributed by atoms with Crippen molar-refractivity contribution in [2.24, 2.45) is 5.92 Å². The van der Waals surface area contributed by atoms with Crippen molar-refractivity contribution < 1.29 is 0 Å². The van der Waals surface area contributed by atoms with Gasteiger partial charge in [0, 0.05) is 9.50 Å². The van der Waals surface area contributed by atoms with Crippen LogP contribution in [0.2, 0.25) is 5.02 Å². The number of hydrogen-bond acceptors (Lipinski definition) is 1. The summed E-state index contributed by atoms with van der Waals surface area (Å²) in [5.41, 5.74) is 1.32. The van der Waals surface area contributed by atoms with E-state index in [0.29, 0.717) is 0 Å². The van der Waals surface area contributed by atoms with Crippen LogP contribution >= 0.6 is 27.5 Å². The molecule has 0 amide bonds. The molecule has 0 atom stereocenters. The molecule has 0 aromatic heterocycles. The molecule has 1 heterocycles. The first-order valence-electron chi connectivity index (χ1n) is 4.40. The Bertz CT molecular complexity index is 310. The van der Waals surface area contributed by atoms with Crippen molar-refractivity contribution in [1.29, 1.82) is 0 Å². The van der Waals surface area contributed by atoms with E-state index in [2.05, 4.69) is 21.2 Å². The van der Waals surface area contributed by atoms with Crippen LogP contribution in [0.1, 0.15) is 5.56 Å². The lowest BCUT2D eigenvalue weighted by molar-refractivity contribution is 0.346. The highest BCUT2D eigenvalue weighted by Gasteiger charge is 2.17. The van der Waals surface area contributed by atoms with Crippen molar-refractivity contribution in [2.75, 3.05) is 13.1 Å². The minimum Gasteiger partial charge on any atom is -0.316 e. The fraction of sp³-hybridized carbons (Fsp3) is 0.400. The van der Waals surface area contributed by atoms with Crippen LogP contribution in [0, 0.1) is 5.92 Å². The summed E-state index contributed by atoms with van der Waals surface area (Å²) in [4.78, 5) is 0. The second kappa shape index (κ2) is 3.99. The van der Waals surface area contributed by atoms with Crippen LogP contribution in [-0.4, -0.2) is 13.1 Å². The molecule has 1 N–H and O–H groups in total. The molecule has 0 radical (unpaired) electrons. The maximum absolute atomic E-state index is 5.93. The molecule has 1 fully saturated rings. The van der Waals surface area contributed by atoms with Crippen LogP contribution in [0.25, 0.3) is 0 Å². The predicted molar refractivity (Wildman–Crippen MR) is 59.2 cm³/mol. The highest BCUT2D eigenvalue weighted by molar-refractivity contribution is 9.10. The van der Waals surface area contributed by atoms with Crippen molar-refractivity contribution in [3.63, 3.8) is 0 Å². The molecule has 2 rings (SSSR count). The Kier molecular flexibility index (Phi) is 2.92. The normalized spacial score (nSPS) is 17.1. The zero-order valence-electron chi connectivity index (χ0n) is 7.19. The van der Waals surface area contributed by atoms with Gasteiger partial charge in [-0.2, -0.15) is 0 Å². The molecule has 1 aromatic carbocycles. The molecule has 1 nitrogen and oxygen atoms in total. The largest absolute Gasteiger partial charge is 0.316 e. The van der Waals surface area contributed by atoms with Crippen LogP contribution in [0.3, 0.4) is 0 Å². The molecule has 1 aliphatic rings. The zero-order valence-corrected chi connectivity index (χ0v) is 9.53. The predicted octanol–water partition coefficient (Wildman–Crippen LogP) is 2.86. The average Bonchev–Trinajstić information content (AvgIpc) is 2.03. The number of hydrogen-bond donors (Lipinski definition) is 1. The molecule has 0 saturated carbocycles. The number of halogens is 2. The molecular weight excluding hydrogens is 249 g/mol. The van der Waals surface area contributed by atoms with Crippen LogP contribution in [-0.2, 0) is 6.42 Å². The van der Waals surface area contributed by atoms with Crippen LogP contribution < -0.4 is 5.32 Å². The van der Waals surface area contributed by atoms with Gasteiger partial charge >= 0.3 is 0 Å². The summed E-state index contributed by atoms with van der Waals surface area (Å²) in [7, 11) is 0. The summed E-state index contributed by atoms with van der Waals surface area (Å²) in [6, 6.07) is 5.97. The Labute approximate surface area is 91.6 Å². The summed E-state index contributed by atoms with van der Waals surface area (Å²) in [6.07, 6.45) is 1.12. The first-order valence-corrected chi connectivity index (χ1v) is 5.57. The van der Waals surface area contributed by atoms with Crippen LogP contribution in [0.5, 0.6) is 0 Å². The third-order valence-electron chi connectivity index (χ3n) is 2.38. The van der Waals surface area contributed by atoms with E-state index < -0.39 is 0 Å². The fourth-order valence-electron chi connectivity index (χ4n) is 1.50. The molecule has 0 spiro atoms. The Hall–Kier alpha value is -0.0500. The number of rotatable bonds is 2. The van der Waals surface area contributed by atoms with E-state index in [0.717, 1.165) is 30.5 Å². The number of benzene rings is 1. The smallest absolute Gasteiger partial charge is 0.0409 e. The molecule has 3 heteroatoms. The lowest BCUT2D eigenvalue weighted by Crippen LogP contribution is -2.43. The van der Waals surface area contributed by atoms with Gasteiger partial charge in [0.1, 0.15) is 0 Å². The third-order valence-corrected chi connectivity index (χ3v) is 3.39. The topological polar surface area (TPSA) is 12.0 Å². The summed E-state index contributed by atoms with van der Waals surface area (Å²) in [5, 5.41) is 4.09. The molecule has 0 aliphatic carbocycles. The molecule has 13 heavy (non-hydrogen) atoms. The van der Waals surface area contributed by atoms with Crippen LogP contribution in [0.15, 0.2) is 22.7 Å². The quantitative estimate of drug-likeness (QED) is 0.862. The molecule has 0 unspecified atom stereocenters. The lowest BCUT2D eigenvalue weighted by atomic mass is 9.94. The molecule has 1 aromatic rings. The second-order valence-corrected chi connectivity index (χ2v) is 4.75. The Morgan fingerprint density at radius 3 is 2.85 bits per heavy atom. The second-order valence-electron chi connectivity index (χ2n) is 3.46. The van der Waals surface area contributed by atoms with Gasteiger partial charge < -0.3 is 5.32 Å². The highest BCUT2D eigenvalue weighted by Crippen LogP contribution is 2.24. The Morgan fingerprint density at radius 1 is 1.46 bits per heavy atom. The van der Waals surface area contributed by atoms with Gasteiger partial charge in [-0.1, -0.05) is 27.5 Å². The number of nitrogens with one attached hydrogen (secondary N) is 1. The summed E-state index contributed by atoms with van der Waals surface area (Å²) in [5.74, 6) is 0.787. The minimum absolute atomic E-state index is 0.787. The summed E-state index contributed by atoms with van der Waals surface area (Å²) >= 11 is 9.46. The maximum atomic E-state index is 5.93. The van der Waals surface area contributed by atoms with Crippen molar-refractivity contribution >= 4 is 27.5 Å². The SMILES string of the molecule is Clc1ccc(Br)c(CC2CNC2)c1. The molecule has 70 valence electrons. The summed E-state index contributed by atoms with van der Waals surface area (Å²) in [6.45, 7) is 2.28. The van der Waals surface area contributed by atoms with E-state index in [4.69, 9.17) is 11.6 Å². The monoisotopic (exact) mass is 259 g/mol. The van der Waals surface area contributed by atoms with E-state index >= 15 is 0 Å². The molecule has 0 bridgehead atoms. The van der Waals surface area contributed by atoms with E-state index in [9.17, 15) is 0 Å². The van der Waals surface area contributed by atoms with Gasteiger partial charge in [0.05, 0.1) is 0 Å². The van der Waals surface area contributed by atoms with E-state index in [1.165, 1.54) is 10.0 Å². The maximum Gasteiger partial charge on any atom is 0.0409 e. The summed E-state index contributed by atoms with van der Waals surface area (Å²) < 4.78 is 1.17. The van der Waals surface area contributed by atoms with E-state index in [-0.39, 0.29) is 0 Å². The van der Waals surface area contributed by atoms with E-state index in [1.807, 2.05) is 18.2 Å². The van der Waals surface area contributed by atoms with Gasteiger partial charge in [-0.3, -0.25) is 0 Å². The van der Waals surface area contributed by atoms with Crippen molar-refractivity contribution in [3.05, 3.63) is 33.3 Å². The molecular formula is C10H11BrClN. The Morgan fingerprint density at radius 2 is 2.23 bits per heavy atom. The van der Waals surface area contributed by atoms with Crippen molar-refractivity contribution in [2.45, 2.75) is 6.42 Å². The van der Waals surface area contributed by atoms with Crippen LogP contribution in [0.4, 0.5) is 0 Å². The lowest BCUT2D eigenvalue weighted by Gasteiger charge is -2.27. The standard InChI is InChI=1S/C10H11BrClN/c11-10-2-1-9(12)4-8(10)3-7-5-13-6-7/h1-2,4,7,13H,3,5-6H2. The first-order chi connectivity index (χ1) is 6.25. The van der Waals surface area contributed by atoms with E-state index in [1.54, 1.807) is 0 Å². The minimum atomic E-state index is 0.787. The highest BCUT2D eigenvalue weighted by atomic mass is 79.9. The van der Waals surface area contributed by atoms with Gasteiger partial charge in [0.15, 0.2) is 0 Å². The van der Waals surface area contributed by atoms with Crippen molar-refractivity contribution in [1.82, 2.24) is 5.32 Å². The van der Waals surface area contributed by atoms with Gasteiger partial charge in [0.25, 0.3) is 0 Å².